The maximum absolute atomic E-state index is 6.27. The van der Waals surface area contributed by atoms with Crippen molar-refractivity contribution in [3.8, 4) is 44.5 Å². The Bertz CT molecular complexity index is 3290. The molecular formula is C61H41NO. The predicted octanol–water partition coefficient (Wildman–Crippen LogP) is 16.4. The van der Waals surface area contributed by atoms with E-state index in [2.05, 4.69) is 241 Å². The van der Waals surface area contributed by atoms with E-state index in [1.54, 1.807) is 0 Å². The summed E-state index contributed by atoms with van der Waals surface area (Å²) >= 11 is 0. The van der Waals surface area contributed by atoms with Gasteiger partial charge in [-0.15, -0.1) is 0 Å². The normalized spacial score (nSPS) is 12.6. The van der Waals surface area contributed by atoms with Gasteiger partial charge in [0.15, 0.2) is 0 Å². The number of rotatable bonds is 8. The van der Waals surface area contributed by atoms with E-state index < -0.39 is 5.41 Å². The summed E-state index contributed by atoms with van der Waals surface area (Å²) in [7, 11) is 0. The molecule has 0 aliphatic heterocycles. The van der Waals surface area contributed by atoms with Gasteiger partial charge in [0.1, 0.15) is 11.2 Å². The molecule has 0 amide bonds. The smallest absolute Gasteiger partial charge is 0.135 e. The predicted molar refractivity (Wildman–Crippen MR) is 262 cm³/mol. The molecule has 0 radical (unpaired) electrons. The van der Waals surface area contributed by atoms with E-state index in [-0.39, 0.29) is 0 Å². The molecule has 63 heavy (non-hydrogen) atoms. The van der Waals surface area contributed by atoms with Crippen LogP contribution >= 0.6 is 0 Å². The summed E-state index contributed by atoms with van der Waals surface area (Å²) in [5.74, 6) is 0. The number of nitrogens with zero attached hydrogens (tertiary/aromatic N) is 1. The van der Waals surface area contributed by atoms with Crippen LogP contribution in [-0.4, -0.2) is 0 Å². The second kappa shape index (κ2) is 15.1. The van der Waals surface area contributed by atoms with Crippen molar-refractivity contribution in [2.45, 2.75) is 5.41 Å². The summed E-state index contributed by atoms with van der Waals surface area (Å²) in [5.41, 5.74) is 19.0. The van der Waals surface area contributed by atoms with Gasteiger partial charge in [-0.3, -0.25) is 0 Å². The van der Waals surface area contributed by atoms with Crippen LogP contribution in [0.25, 0.3) is 66.4 Å². The van der Waals surface area contributed by atoms with Gasteiger partial charge in [0.05, 0.1) is 11.1 Å². The average molecular weight is 804 g/mol. The topological polar surface area (TPSA) is 16.4 Å². The first-order valence-electron chi connectivity index (χ1n) is 21.7. The zero-order valence-corrected chi connectivity index (χ0v) is 34.5. The van der Waals surface area contributed by atoms with Crippen LogP contribution in [0.15, 0.2) is 253 Å². The van der Waals surface area contributed by atoms with Crippen LogP contribution in [0.4, 0.5) is 17.1 Å². The molecule has 11 aromatic rings. The van der Waals surface area contributed by atoms with Crippen LogP contribution in [0.2, 0.25) is 0 Å². The molecule has 0 atom stereocenters. The van der Waals surface area contributed by atoms with E-state index in [0.717, 1.165) is 50.1 Å². The molecule has 0 fully saturated rings. The molecular weight excluding hydrogens is 763 g/mol. The molecule has 2 nitrogen and oxygen atoms in total. The van der Waals surface area contributed by atoms with E-state index in [1.165, 1.54) is 55.6 Å². The van der Waals surface area contributed by atoms with Crippen molar-refractivity contribution in [2.75, 3.05) is 4.90 Å². The lowest BCUT2D eigenvalue weighted by molar-refractivity contribution is 0.669. The minimum Gasteiger partial charge on any atom is -0.456 e. The van der Waals surface area contributed by atoms with E-state index in [9.17, 15) is 0 Å². The largest absolute Gasteiger partial charge is 0.456 e. The summed E-state index contributed by atoms with van der Waals surface area (Å²) in [5, 5.41) is 2.25. The van der Waals surface area contributed by atoms with Crippen LogP contribution in [-0.2, 0) is 5.41 Å². The highest BCUT2D eigenvalue weighted by Gasteiger charge is 2.47. The fourth-order valence-electron chi connectivity index (χ4n) is 10.1. The van der Waals surface area contributed by atoms with Crippen molar-refractivity contribution in [1.82, 2.24) is 0 Å². The molecule has 0 unspecified atom stereocenters. The molecule has 1 aliphatic carbocycles. The van der Waals surface area contributed by atoms with Crippen LogP contribution in [0.3, 0.4) is 0 Å². The van der Waals surface area contributed by atoms with Crippen molar-refractivity contribution in [3.05, 3.63) is 271 Å². The van der Waals surface area contributed by atoms with Gasteiger partial charge in [-0.25, -0.2) is 0 Å². The third-order valence-corrected chi connectivity index (χ3v) is 13.0. The molecule has 0 spiro atoms. The Morgan fingerprint density at radius 1 is 0.317 bits per heavy atom. The Morgan fingerprint density at radius 3 is 1.40 bits per heavy atom. The summed E-state index contributed by atoms with van der Waals surface area (Å²) in [6.07, 6.45) is 0. The highest BCUT2D eigenvalue weighted by molar-refractivity contribution is 6.06. The lowest BCUT2D eigenvalue weighted by Gasteiger charge is -2.34. The number of fused-ring (bicyclic) bond motifs is 6. The quantitative estimate of drug-likeness (QED) is 0.152. The van der Waals surface area contributed by atoms with Crippen molar-refractivity contribution in [1.29, 1.82) is 0 Å². The first-order chi connectivity index (χ1) is 31.2. The third kappa shape index (κ3) is 6.02. The average Bonchev–Trinajstić information content (AvgIpc) is 3.89. The molecule has 1 aliphatic rings. The van der Waals surface area contributed by atoms with E-state index in [0.29, 0.717) is 0 Å². The van der Waals surface area contributed by atoms with Gasteiger partial charge in [-0.05, 0) is 116 Å². The van der Waals surface area contributed by atoms with Crippen molar-refractivity contribution < 1.29 is 4.42 Å². The van der Waals surface area contributed by atoms with Gasteiger partial charge in [0, 0.05) is 27.7 Å². The molecule has 1 heterocycles. The molecule has 296 valence electrons. The lowest BCUT2D eigenvalue weighted by atomic mass is 9.67. The van der Waals surface area contributed by atoms with Crippen molar-refractivity contribution in [2.24, 2.45) is 0 Å². The van der Waals surface area contributed by atoms with Gasteiger partial charge in [-0.2, -0.15) is 0 Å². The van der Waals surface area contributed by atoms with Gasteiger partial charge >= 0.3 is 0 Å². The summed E-state index contributed by atoms with van der Waals surface area (Å²) < 4.78 is 6.27. The first kappa shape index (κ1) is 36.6. The number of benzene rings is 10. The summed E-state index contributed by atoms with van der Waals surface area (Å²) in [4.78, 5) is 2.45. The Kier molecular flexibility index (Phi) is 8.76. The number of hydrogen-bond acceptors (Lipinski definition) is 2. The van der Waals surface area contributed by atoms with Gasteiger partial charge in [-0.1, -0.05) is 194 Å². The number of furan rings is 1. The molecule has 0 saturated carbocycles. The van der Waals surface area contributed by atoms with Crippen LogP contribution in [0.5, 0.6) is 0 Å². The van der Waals surface area contributed by atoms with Gasteiger partial charge in [0.2, 0.25) is 0 Å². The van der Waals surface area contributed by atoms with E-state index in [4.69, 9.17) is 4.42 Å². The minimum atomic E-state index is -0.606. The standard InChI is InChI=1S/C61H41NO/c1-5-16-42(17-6-1)44-28-34-50(35-29-44)62(51-36-30-45(31-37-51)43-18-7-2-8-19-43)57-26-15-25-55-60(57)53-38-32-47(46-33-39-59-54(40-46)52-24-13-14-27-58(52)63-59)41-56(53)61(55,48-20-9-3-10-21-48)49-22-11-4-12-23-49/h1-41H. The summed E-state index contributed by atoms with van der Waals surface area (Å²) in [6.45, 7) is 0. The Morgan fingerprint density at radius 2 is 0.794 bits per heavy atom. The number of para-hydroxylation sites is 1. The highest BCUT2D eigenvalue weighted by Crippen LogP contribution is 2.60. The molecule has 0 bridgehead atoms. The SMILES string of the molecule is c1ccc(-c2ccc(N(c3ccc(-c4ccccc4)cc3)c3cccc4c3-c3ccc(-c5ccc6oc7ccccc7c6c5)cc3C4(c3ccccc3)c3ccccc3)cc2)cc1. The molecule has 12 rings (SSSR count). The molecule has 10 aromatic carbocycles. The maximum Gasteiger partial charge on any atom is 0.135 e. The zero-order valence-electron chi connectivity index (χ0n) is 34.5. The second-order valence-corrected chi connectivity index (χ2v) is 16.4. The third-order valence-electron chi connectivity index (χ3n) is 13.0. The van der Waals surface area contributed by atoms with E-state index >= 15 is 0 Å². The molecule has 0 saturated heterocycles. The van der Waals surface area contributed by atoms with Gasteiger partial charge < -0.3 is 9.32 Å². The Labute approximate surface area is 367 Å². The maximum atomic E-state index is 6.27. The number of anilines is 3. The fourth-order valence-corrected chi connectivity index (χ4v) is 10.1. The monoisotopic (exact) mass is 803 g/mol. The van der Waals surface area contributed by atoms with Crippen molar-refractivity contribution >= 4 is 39.0 Å². The number of hydrogen-bond donors (Lipinski definition) is 0. The summed E-state index contributed by atoms with van der Waals surface area (Å²) in [6, 6.07) is 90.4. The van der Waals surface area contributed by atoms with E-state index in [1.807, 2.05) is 12.1 Å². The minimum absolute atomic E-state index is 0.606. The fraction of sp³-hybridized carbons (Fsp3) is 0.0164. The van der Waals surface area contributed by atoms with Crippen LogP contribution in [0.1, 0.15) is 22.3 Å². The van der Waals surface area contributed by atoms with Crippen LogP contribution in [0, 0.1) is 0 Å². The molecule has 2 heteroatoms. The molecule has 0 N–H and O–H groups in total. The highest BCUT2D eigenvalue weighted by atomic mass is 16.3. The van der Waals surface area contributed by atoms with Crippen LogP contribution < -0.4 is 4.90 Å². The Hall–Kier alpha value is -8.20. The molecule has 1 aromatic heterocycles. The zero-order chi connectivity index (χ0) is 41.7. The lowest BCUT2D eigenvalue weighted by Crippen LogP contribution is -2.28. The first-order valence-corrected chi connectivity index (χ1v) is 21.7. The van der Waals surface area contributed by atoms with Crippen molar-refractivity contribution in [3.63, 3.8) is 0 Å². The Balaban J connectivity index is 1.11. The second-order valence-electron chi connectivity index (χ2n) is 16.4. The van der Waals surface area contributed by atoms with Gasteiger partial charge in [0.25, 0.3) is 0 Å².